The van der Waals surface area contributed by atoms with Gasteiger partial charge in [-0.05, 0) is 44.3 Å². The van der Waals surface area contributed by atoms with Crippen LogP contribution in [0.1, 0.15) is 33.1 Å². The van der Waals surface area contributed by atoms with Crippen LogP contribution in [0.3, 0.4) is 0 Å². The van der Waals surface area contributed by atoms with Gasteiger partial charge in [-0.25, -0.2) is 0 Å². The topological polar surface area (TPSA) is 44.4 Å². The van der Waals surface area contributed by atoms with E-state index in [-0.39, 0.29) is 11.8 Å². The van der Waals surface area contributed by atoms with Crippen LogP contribution in [-0.4, -0.2) is 50.1 Å². The molecular formula is C15H29N3O. The Bertz CT molecular complexity index is 289. The van der Waals surface area contributed by atoms with Gasteiger partial charge in [-0.1, -0.05) is 20.3 Å². The molecule has 0 aliphatic carbocycles. The van der Waals surface area contributed by atoms with Gasteiger partial charge < -0.3 is 15.5 Å². The van der Waals surface area contributed by atoms with Crippen LogP contribution in [0.15, 0.2) is 0 Å². The summed E-state index contributed by atoms with van der Waals surface area (Å²) in [6, 6.07) is 0. The number of hydrogen-bond donors (Lipinski definition) is 2. The largest absolute Gasteiger partial charge is 0.355 e. The smallest absolute Gasteiger partial charge is 0.224 e. The summed E-state index contributed by atoms with van der Waals surface area (Å²) < 4.78 is 0. The molecule has 2 rings (SSSR count). The summed E-state index contributed by atoms with van der Waals surface area (Å²) in [5, 5.41) is 6.43. The Labute approximate surface area is 117 Å². The highest BCUT2D eigenvalue weighted by molar-refractivity contribution is 5.79. The van der Waals surface area contributed by atoms with E-state index in [1.165, 1.54) is 32.4 Å². The van der Waals surface area contributed by atoms with Crippen molar-refractivity contribution in [1.29, 1.82) is 0 Å². The fraction of sp³-hybridized carbons (Fsp3) is 0.933. The zero-order chi connectivity index (χ0) is 13.7. The molecular weight excluding hydrogens is 238 g/mol. The summed E-state index contributed by atoms with van der Waals surface area (Å²) in [5.74, 6) is 1.43. The minimum Gasteiger partial charge on any atom is -0.355 e. The Hall–Kier alpha value is -0.610. The molecule has 0 saturated carbocycles. The zero-order valence-corrected chi connectivity index (χ0v) is 12.5. The summed E-state index contributed by atoms with van der Waals surface area (Å²) in [4.78, 5) is 14.6. The third kappa shape index (κ3) is 4.46. The van der Waals surface area contributed by atoms with Crippen molar-refractivity contribution < 1.29 is 4.79 Å². The first-order valence-corrected chi connectivity index (χ1v) is 7.87. The minimum absolute atomic E-state index is 0.169. The number of carbonyl (C=O) groups is 1. The summed E-state index contributed by atoms with van der Waals surface area (Å²) in [5.41, 5.74) is 0. The number of amides is 1. The van der Waals surface area contributed by atoms with E-state index in [0.717, 1.165) is 26.2 Å². The highest BCUT2D eigenvalue weighted by Crippen LogP contribution is 2.16. The molecule has 2 saturated heterocycles. The van der Waals surface area contributed by atoms with E-state index in [9.17, 15) is 4.79 Å². The highest BCUT2D eigenvalue weighted by Gasteiger charge is 2.29. The Morgan fingerprint density at radius 3 is 2.68 bits per heavy atom. The lowest BCUT2D eigenvalue weighted by molar-refractivity contribution is -0.125. The standard InChI is InChI=1S/C15H29N3O/c1-12(11-18-6-4-3-5-7-18)8-17-15(19)14-10-16-9-13(14)2/h12-14,16H,3-11H2,1-2H3,(H,17,19)/t12?,13-,14-/m1/s1. The molecule has 110 valence electrons. The number of nitrogens with one attached hydrogen (secondary N) is 2. The molecule has 0 aromatic carbocycles. The van der Waals surface area contributed by atoms with E-state index >= 15 is 0 Å². The molecule has 2 aliphatic heterocycles. The summed E-state index contributed by atoms with van der Waals surface area (Å²) in [7, 11) is 0. The summed E-state index contributed by atoms with van der Waals surface area (Å²) in [6.45, 7) is 10.6. The number of carbonyl (C=O) groups excluding carboxylic acids is 1. The minimum atomic E-state index is 0.169. The molecule has 0 bridgehead atoms. The van der Waals surface area contributed by atoms with E-state index in [1.54, 1.807) is 0 Å². The second kappa shape index (κ2) is 7.25. The molecule has 0 aromatic heterocycles. The van der Waals surface area contributed by atoms with Gasteiger partial charge in [-0.3, -0.25) is 4.79 Å². The molecule has 2 N–H and O–H groups in total. The second-order valence-corrected chi connectivity index (χ2v) is 6.45. The first kappa shape index (κ1) is 14.8. The van der Waals surface area contributed by atoms with Crippen molar-refractivity contribution in [2.24, 2.45) is 17.8 Å². The molecule has 0 spiro atoms. The van der Waals surface area contributed by atoms with Gasteiger partial charge in [-0.2, -0.15) is 0 Å². The average Bonchev–Trinajstić information content (AvgIpc) is 2.83. The molecule has 19 heavy (non-hydrogen) atoms. The molecule has 0 radical (unpaired) electrons. The first-order valence-electron chi connectivity index (χ1n) is 7.87. The van der Waals surface area contributed by atoms with Crippen LogP contribution >= 0.6 is 0 Å². The van der Waals surface area contributed by atoms with Crippen LogP contribution in [0.5, 0.6) is 0 Å². The lowest BCUT2D eigenvalue weighted by atomic mass is 9.97. The van der Waals surface area contributed by atoms with Crippen molar-refractivity contribution in [2.75, 3.05) is 39.3 Å². The second-order valence-electron chi connectivity index (χ2n) is 6.45. The predicted molar refractivity (Wildman–Crippen MR) is 78.0 cm³/mol. The maximum absolute atomic E-state index is 12.1. The van der Waals surface area contributed by atoms with Gasteiger partial charge in [0.2, 0.25) is 5.91 Å². The summed E-state index contributed by atoms with van der Waals surface area (Å²) in [6.07, 6.45) is 4.06. The van der Waals surface area contributed by atoms with Gasteiger partial charge in [-0.15, -0.1) is 0 Å². The fourth-order valence-corrected chi connectivity index (χ4v) is 3.21. The predicted octanol–water partition coefficient (Wildman–Crippen LogP) is 1.08. The maximum Gasteiger partial charge on any atom is 0.224 e. The number of likely N-dealkylation sites (tertiary alicyclic amines) is 1. The van der Waals surface area contributed by atoms with Gasteiger partial charge >= 0.3 is 0 Å². The van der Waals surface area contributed by atoms with Crippen LogP contribution in [0.25, 0.3) is 0 Å². The van der Waals surface area contributed by atoms with Gasteiger partial charge in [0.05, 0.1) is 5.92 Å². The number of rotatable bonds is 5. The molecule has 1 amide bonds. The lowest BCUT2D eigenvalue weighted by Gasteiger charge is -2.29. The van der Waals surface area contributed by atoms with Gasteiger partial charge in [0.25, 0.3) is 0 Å². The SMILES string of the molecule is CC(CNC(=O)[C@@H]1CNC[C@H]1C)CN1CCCCC1. The molecule has 4 nitrogen and oxygen atoms in total. The third-order valence-electron chi connectivity index (χ3n) is 4.50. The van der Waals surface area contributed by atoms with E-state index in [4.69, 9.17) is 0 Å². The van der Waals surface area contributed by atoms with Crippen LogP contribution < -0.4 is 10.6 Å². The van der Waals surface area contributed by atoms with Crippen molar-refractivity contribution in [3.63, 3.8) is 0 Å². The Balaban J connectivity index is 1.65. The number of hydrogen-bond acceptors (Lipinski definition) is 3. The quantitative estimate of drug-likeness (QED) is 0.783. The molecule has 0 aromatic rings. The van der Waals surface area contributed by atoms with Crippen LogP contribution in [0, 0.1) is 17.8 Å². The van der Waals surface area contributed by atoms with Gasteiger partial charge in [0, 0.05) is 19.6 Å². The molecule has 3 atom stereocenters. The normalized spacial score (nSPS) is 30.2. The maximum atomic E-state index is 12.1. The van der Waals surface area contributed by atoms with Crippen LogP contribution in [-0.2, 0) is 4.79 Å². The van der Waals surface area contributed by atoms with Crippen molar-refractivity contribution in [3.8, 4) is 0 Å². The van der Waals surface area contributed by atoms with Crippen molar-refractivity contribution >= 4 is 5.91 Å². The van der Waals surface area contributed by atoms with Gasteiger partial charge in [0.15, 0.2) is 0 Å². The monoisotopic (exact) mass is 267 g/mol. The number of piperidine rings is 1. The Morgan fingerprint density at radius 2 is 2.05 bits per heavy atom. The molecule has 1 unspecified atom stereocenters. The molecule has 4 heteroatoms. The van der Waals surface area contributed by atoms with Crippen LogP contribution in [0.2, 0.25) is 0 Å². The average molecular weight is 267 g/mol. The molecule has 2 aliphatic rings. The van der Waals surface area contributed by atoms with E-state index < -0.39 is 0 Å². The van der Waals surface area contributed by atoms with E-state index in [1.807, 2.05) is 0 Å². The fourth-order valence-electron chi connectivity index (χ4n) is 3.21. The van der Waals surface area contributed by atoms with Crippen molar-refractivity contribution in [1.82, 2.24) is 15.5 Å². The number of nitrogens with zero attached hydrogens (tertiary/aromatic N) is 1. The lowest BCUT2D eigenvalue weighted by Crippen LogP contribution is -2.40. The third-order valence-corrected chi connectivity index (χ3v) is 4.50. The highest BCUT2D eigenvalue weighted by atomic mass is 16.1. The zero-order valence-electron chi connectivity index (χ0n) is 12.5. The van der Waals surface area contributed by atoms with Gasteiger partial charge in [0.1, 0.15) is 0 Å². The Kier molecular flexibility index (Phi) is 5.64. The van der Waals surface area contributed by atoms with E-state index in [2.05, 4.69) is 29.4 Å². The molecule has 2 fully saturated rings. The van der Waals surface area contributed by atoms with Crippen LogP contribution in [0.4, 0.5) is 0 Å². The summed E-state index contributed by atoms with van der Waals surface area (Å²) >= 11 is 0. The van der Waals surface area contributed by atoms with Crippen molar-refractivity contribution in [2.45, 2.75) is 33.1 Å². The van der Waals surface area contributed by atoms with Crippen molar-refractivity contribution in [3.05, 3.63) is 0 Å². The van der Waals surface area contributed by atoms with E-state index in [0.29, 0.717) is 11.8 Å². The first-order chi connectivity index (χ1) is 9.16. The molecule has 2 heterocycles. The Morgan fingerprint density at radius 1 is 1.32 bits per heavy atom.